The smallest absolute Gasteiger partial charge is 0.0852 e. The van der Waals surface area contributed by atoms with Crippen LogP contribution in [0.1, 0.15) is 38.7 Å². The summed E-state index contributed by atoms with van der Waals surface area (Å²) in [5, 5.41) is 13.5. The van der Waals surface area contributed by atoms with E-state index in [1.807, 2.05) is 17.1 Å². The highest BCUT2D eigenvalue weighted by atomic mass is 15.3. The van der Waals surface area contributed by atoms with Crippen molar-refractivity contribution in [2.24, 2.45) is 5.92 Å². The number of nitrogens with zero attached hydrogens (tertiary/aromatic N) is 3. The first-order valence-corrected chi connectivity index (χ1v) is 5.60. The molecule has 80 valence electrons. The zero-order chi connectivity index (χ0) is 10.9. The maximum Gasteiger partial charge on any atom is 0.0852 e. The molecule has 0 aliphatic heterocycles. The van der Waals surface area contributed by atoms with E-state index in [-0.39, 0.29) is 5.41 Å². The van der Waals surface area contributed by atoms with Gasteiger partial charge in [-0.05, 0) is 25.2 Å². The average molecular weight is 203 g/mol. The third-order valence-electron chi connectivity index (χ3n) is 3.16. The summed E-state index contributed by atoms with van der Waals surface area (Å²) in [6.07, 6.45) is 7.07. The van der Waals surface area contributed by atoms with E-state index < -0.39 is 0 Å². The van der Waals surface area contributed by atoms with Crippen LogP contribution in [0.15, 0.2) is 12.4 Å². The summed E-state index contributed by atoms with van der Waals surface area (Å²) in [6, 6.07) is 2.44. The highest BCUT2D eigenvalue weighted by Crippen LogP contribution is 2.42. The number of hydrogen-bond donors (Lipinski definition) is 0. The Morgan fingerprint density at radius 1 is 1.60 bits per heavy atom. The van der Waals surface area contributed by atoms with Gasteiger partial charge in [-0.2, -0.15) is 10.4 Å². The zero-order valence-electron chi connectivity index (χ0n) is 9.40. The molecule has 0 radical (unpaired) electrons. The molecular formula is C12H17N3. The average Bonchev–Trinajstić information content (AvgIpc) is 2.51. The molecule has 1 aliphatic rings. The summed E-state index contributed by atoms with van der Waals surface area (Å²) in [4.78, 5) is 0. The van der Waals surface area contributed by atoms with E-state index in [1.54, 1.807) is 0 Å². The van der Waals surface area contributed by atoms with Crippen molar-refractivity contribution >= 4 is 0 Å². The lowest BCUT2D eigenvalue weighted by Crippen LogP contribution is -2.31. The molecule has 15 heavy (non-hydrogen) atoms. The van der Waals surface area contributed by atoms with E-state index in [4.69, 9.17) is 0 Å². The van der Waals surface area contributed by atoms with Crippen molar-refractivity contribution in [2.45, 2.75) is 45.1 Å². The van der Waals surface area contributed by atoms with E-state index in [0.29, 0.717) is 5.92 Å². The van der Waals surface area contributed by atoms with Gasteiger partial charge in [0, 0.05) is 18.3 Å². The first-order chi connectivity index (χ1) is 7.16. The fourth-order valence-corrected chi connectivity index (χ4v) is 2.08. The molecule has 1 fully saturated rings. The van der Waals surface area contributed by atoms with Crippen molar-refractivity contribution < 1.29 is 0 Å². The molecule has 0 spiro atoms. The standard InChI is InChI=1S/C12H17N3/c1-10(2)7-15-8-11(6-14-15)12(9-13)4-3-5-12/h6,8,10H,3-5,7H2,1-2H3. The van der Waals surface area contributed by atoms with Crippen LogP contribution in [0.3, 0.4) is 0 Å². The van der Waals surface area contributed by atoms with Crippen LogP contribution < -0.4 is 0 Å². The third-order valence-corrected chi connectivity index (χ3v) is 3.16. The maximum absolute atomic E-state index is 9.19. The van der Waals surface area contributed by atoms with E-state index in [9.17, 15) is 5.26 Å². The highest BCUT2D eigenvalue weighted by molar-refractivity contribution is 5.31. The van der Waals surface area contributed by atoms with Gasteiger partial charge in [-0.1, -0.05) is 13.8 Å². The van der Waals surface area contributed by atoms with Crippen LogP contribution in [-0.2, 0) is 12.0 Å². The lowest BCUT2D eigenvalue weighted by molar-refractivity contribution is 0.323. The normalized spacial score (nSPS) is 18.5. The summed E-state index contributed by atoms with van der Waals surface area (Å²) in [6.45, 7) is 5.27. The van der Waals surface area contributed by atoms with Crippen molar-refractivity contribution in [1.82, 2.24) is 9.78 Å². The lowest BCUT2D eigenvalue weighted by Gasteiger charge is -2.34. The summed E-state index contributed by atoms with van der Waals surface area (Å²) in [5.74, 6) is 0.595. The topological polar surface area (TPSA) is 41.6 Å². The molecule has 0 amide bonds. The SMILES string of the molecule is CC(C)Cn1cc(C2(C#N)CCC2)cn1. The summed E-state index contributed by atoms with van der Waals surface area (Å²) < 4.78 is 1.96. The van der Waals surface area contributed by atoms with E-state index in [0.717, 1.165) is 24.9 Å². The van der Waals surface area contributed by atoms with Gasteiger partial charge in [0.1, 0.15) is 0 Å². The summed E-state index contributed by atoms with van der Waals surface area (Å²) >= 11 is 0. The second kappa shape index (κ2) is 3.69. The maximum atomic E-state index is 9.19. The second-order valence-electron chi connectivity index (χ2n) is 4.89. The molecular weight excluding hydrogens is 186 g/mol. The molecule has 0 N–H and O–H groups in total. The van der Waals surface area contributed by atoms with Gasteiger partial charge < -0.3 is 0 Å². The Hall–Kier alpha value is -1.30. The van der Waals surface area contributed by atoms with Gasteiger partial charge in [0.25, 0.3) is 0 Å². The summed E-state index contributed by atoms with van der Waals surface area (Å²) in [5.41, 5.74) is 0.895. The van der Waals surface area contributed by atoms with Crippen molar-refractivity contribution in [1.29, 1.82) is 5.26 Å². The van der Waals surface area contributed by atoms with Crippen LogP contribution >= 0.6 is 0 Å². The molecule has 1 heterocycles. The van der Waals surface area contributed by atoms with Gasteiger partial charge in [0.2, 0.25) is 0 Å². The Balaban J connectivity index is 2.17. The van der Waals surface area contributed by atoms with E-state index >= 15 is 0 Å². The fourth-order valence-electron chi connectivity index (χ4n) is 2.08. The van der Waals surface area contributed by atoms with Crippen LogP contribution in [0.2, 0.25) is 0 Å². The zero-order valence-corrected chi connectivity index (χ0v) is 9.40. The van der Waals surface area contributed by atoms with Crippen LogP contribution in [0, 0.1) is 17.2 Å². The quantitative estimate of drug-likeness (QED) is 0.757. The molecule has 2 rings (SSSR count). The third kappa shape index (κ3) is 1.77. The summed E-state index contributed by atoms with van der Waals surface area (Å²) in [7, 11) is 0. The van der Waals surface area contributed by atoms with Gasteiger partial charge in [-0.3, -0.25) is 4.68 Å². The van der Waals surface area contributed by atoms with E-state index in [1.165, 1.54) is 6.42 Å². The molecule has 0 bridgehead atoms. The molecule has 1 saturated carbocycles. The molecule has 0 unspecified atom stereocenters. The predicted octanol–water partition coefficient (Wildman–Crippen LogP) is 2.48. The van der Waals surface area contributed by atoms with Gasteiger partial charge in [-0.15, -0.1) is 0 Å². The first kappa shape index (κ1) is 10.2. The molecule has 0 aromatic carbocycles. The Kier molecular flexibility index (Phi) is 2.52. The minimum atomic E-state index is -0.213. The predicted molar refractivity (Wildman–Crippen MR) is 58.2 cm³/mol. The number of nitriles is 1. The largest absolute Gasteiger partial charge is 0.272 e. The van der Waals surface area contributed by atoms with E-state index in [2.05, 4.69) is 25.0 Å². The minimum absolute atomic E-state index is 0.213. The van der Waals surface area contributed by atoms with Gasteiger partial charge in [-0.25, -0.2) is 0 Å². The van der Waals surface area contributed by atoms with Crippen LogP contribution in [0.25, 0.3) is 0 Å². The van der Waals surface area contributed by atoms with Gasteiger partial charge >= 0.3 is 0 Å². The second-order valence-corrected chi connectivity index (χ2v) is 4.89. The Bertz CT molecular complexity index is 380. The molecule has 0 atom stereocenters. The Morgan fingerprint density at radius 3 is 2.80 bits per heavy atom. The molecule has 1 aliphatic carbocycles. The van der Waals surface area contributed by atoms with Crippen LogP contribution in [0.4, 0.5) is 0 Å². The van der Waals surface area contributed by atoms with Crippen molar-refractivity contribution in [3.63, 3.8) is 0 Å². The molecule has 0 saturated heterocycles. The fraction of sp³-hybridized carbons (Fsp3) is 0.667. The minimum Gasteiger partial charge on any atom is -0.272 e. The van der Waals surface area contributed by atoms with Crippen molar-refractivity contribution in [3.05, 3.63) is 18.0 Å². The molecule has 3 heteroatoms. The van der Waals surface area contributed by atoms with Crippen molar-refractivity contribution in [3.8, 4) is 6.07 Å². The van der Waals surface area contributed by atoms with Gasteiger partial charge in [0.05, 0.1) is 17.7 Å². The monoisotopic (exact) mass is 203 g/mol. The number of rotatable bonds is 3. The molecule has 1 aromatic heterocycles. The molecule has 1 aromatic rings. The van der Waals surface area contributed by atoms with Crippen LogP contribution in [0.5, 0.6) is 0 Å². The van der Waals surface area contributed by atoms with Crippen molar-refractivity contribution in [2.75, 3.05) is 0 Å². The highest BCUT2D eigenvalue weighted by Gasteiger charge is 2.39. The molecule has 3 nitrogen and oxygen atoms in total. The van der Waals surface area contributed by atoms with Gasteiger partial charge in [0.15, 0.2) is 0 Å². The lowest BCUT2D eigenvalue weighted by atomic mass is 9.66. The number of hydrogen-bond acceptors (Lipinski definition) is 2. The number of aromatic nitrogens is 2. The van der Waals surface area contributed by atoms with Crippen LogP contribution in [-0.4, -0.2) is 9.78 Å². The first-order valence-electron chi connectivity index (χ1n) is 5.60. The Morgan fingerprint density at radius 2 is 2.33 bits per heavy atom. The Labute approximate surface area is 90.7 Å².